The van der Waals surface area contributed by atoms with Gasteiger partial charge in [-0.3, -0.25) is 4.68 Å². The van der Waals surface area contributed by atoms with Gasteiger partial charge in [-0.15, -0.1) is 0 Å². The summed E-state index contributed by atoms with van der Waals surface area (Å²) < 4.78 is 5.87. The van der Waals surface area contributed by atoms with Gasteiger partial charge >= 0.3 is 0 Å². The van der Waals surface area contributed by atoms with Gasteiger partial charge in [0.2, 0.25) is 0 Å². The fraction of sp³-hybridized carbons (Fsp3) is 0.333. The number of nitrogens with one attached hydrogen (secondary N) is 1. The molecule has 3 N–H and O–H groups in total. The van der Waals surface area contributed by atoms with E-state index >= 15 is 0 Å². The molecule has 2 aromatic rings. The van der Waals surface area contributed by atoms with Crippen molar-refractivity contribution in [2.24, 2.45) is 7.05 Å². The molecule has 0 saturated carbocycles. The molecule has 0 bridgehead atoms. The summed E-state index contributed by atoms with van der Waals surface area (Å²) in [5.74, 6) is 0.572. The van der Waals surface area contributed by atoms with Crippen LogP contribution in [0, 0.1) is 0 Å². The lowest BCUT2D eigenvalue weighted by Gasteiger charge is -2.03. The second-order valence-electron chi connectivity index (χ2n) is 3.24. The molecule has 0 aliphatic heterocycles. The summed E-state index contributed by atoms with van der Waals surface area (Å²) in [5, 5.41) is 8.38. The summed E-state index contributed by atoms with van der Waals surface area (Å²) in [6.07, 6.45) is 2.74. The Kier molecular flexibility index (Phi) is 2.86. The van der Waals surface area contributed by atoms with Crippen LogP contribution in [0.3, 0.4) is 0 Å². The van der Waals surface area contributed by atoms with Crippen molar-refractivity contribution in [2.75, 3.05) is 17.6 Å². The molecule has 0 radical (unpaired) electrons. The normalized spacial score (nSPS) is 10.5. The van der Waals surface area contributed by atoms with Crippen molar-refractivity contribution < 1.29 is 0 Å². The van der Waals surface area contributed by atoms with E-state index < -0.39 is 0 Å². The molecule has 0 aliphatic carbocycles. The maximum absolute atomic E-state index is 5.51. The minimum atomic E-state index is 0.572. The topological polar surface area (TPSA) is 68.8 Å². The highest BCUT2D eigenvalue weighted by Gasteiger charge is 2.00. The van der Waals surface area contributed by atoms with Gasteiger partial charge in [0.1, 0.15) is 10.8 Å². The van der Waals surface area contributed by atoms with Crippen LogP contribution in [0.25, 0.3) is 0 Å². The number of hydrogen-bond acceptors (Lipinski definition) is 5. The van der Waals surface area contributed by atoms with E-state index in [0.29, 0.717) is 5.82 Å². The summed E-state index contributed by atoms with van der Waals surface area (Å²) in [5.41, 5.74) is 6.72. The van der Waals surface area contributed by atoms with Gasteiger partial charge in [-0.25, -0.2) is 0 Å². The van der Waals surface area contributed by atoms with Crippen LogP contribution in [-0.2, 0) is 13.5 Å². The Morgan fingerprint density at radius 1 is 1.60 bits per heavy atom. The average Bonchev–Trinajstić information content (AvgIpc) is 2.77. The Morgan fingerprint density at radius 2 is 2.47 bits per heavy atom. The predicted octanol–water partition coefficient (Wildman–Crippen LogP) is 1.11. The molecule has 15 heavy (non-hydrogen) atoms. The molecule has 2 rings (SSSR count). The average molecular weight is 223 g/mol. The SMILES string of the molecule is Cn1nccc1CCNc1cc(N)ns1. The molecule has 0 fully saturated rings. The highest BCUT2D eigenvalue weighted by molar-refractivity contribution is 7.10. The second-order valence-corrected chi connectivity index (χ2v) is 4.04. The van der Waals surface area contributed by atoms with Crippen LogP contribution in [-0.4, -0.2) is 20.7 Å². The molecule has 5 nitrogen and oxygen atoms in total. The van der Waals surface area contributed by atoms with Crippen molar-refractivity contribution in [1.82, 2.24) is 14.2 Å². The minimum absolute atomic E-state index is 0.572. The first kappa shape index (κ1) is 9.97. The van der Waals surface area contributed by atoms with E-state index in [1.165, 1.54) is 17.2 Å². The van der Waals surface area contributed by atoms with Crippen LogP contribution in [0.15, 0.2) is 18.3 Å². The first-order chi connectivity index (χ1) is 7.25. The molecule has 0 aliphatic rings. The van der Waals surface area contributed by atoms with Crippen LogP contribution < -0.4 is 11.1 Å². The molecule has 0 aromatic carbocycles. The number of nitrogen functional groups attached to an aromatic ring is 1. The van der Waals surface area contributed by atoms with Gasteiger partial charge in [0.25, 0.3) is 0 Å². The lowest BCUT2D eigenvalue weighted by atomic mass is 10.3. The van der Waals surface area contributed by atoms with Crippen LogP contribution in [0.5, 0.6) is 0 Å². The summed E-state index contributed by atoms with van der Waals surface area (Å²) in [4.78, 5) is 0. The Morgan fingerprint density at radius 3 is 3.07 bits per heavy atom. The lowest BCUT2D eigenvalue weighted by molar-refractivity contribution is 0.711. The molecule has 2 heterocycles. The van der Waals surface area contributed by atoms with E-state index in [1.54, 1.807) is 6.20 Å². The van der Waals surface area contributed by atoms with Crippen LogP contribution in [0.1, 0.15) is 5.69 Å². The van der Waals surface area contributed by atoms with E-state index in [-0.39, 0.29) is 0 Å². The zero-order valence-electron chi connectivity index (χ0n) is 8.47. The Balaban J connectivity index is 1.83. The number of aromatic nitrogens is 3. The highest BCUT2D eigenvalue weighted by Crippen LogP contribution is 2.17. The molecule has 2 aromatic heterocycles. The molecular weight excluding hydrogens is 210 g/mol. The van der Waals surface area contributed by atoms with Crippen molar-refractivity contribution in [1.29, 1.82) is 0 Å². The molecular formula is C9H13N5S. The molecule has 6 heteroatoms. The number of nitrogens with two attached hydrogens (primary N) is 1. The third kappa shape index (κ3) is 2.47. The van der Waals surface area contributed by atoms with Crippen molar-refractivity contribution >= 4 is 22.4 Å². The summed E-state index contributed by atoms with van der Waals surface area (Å²) >= 11 is 1.38. The van der Waals surface area contributed by atoms with Crippen molar-refractivity contribution in [3.63, 3.8) is 0 Å². The summed E-state index contributed by atoms with van der Waals surface area (Å²) in [6, 6.07) is 3.86. The van der Waals surface area contributed by atoms with E-state index in [0.717, 1.165) is 18.0 Å². The summed E-state index contributed by atoms with van der Waals surface area (Å²) in [7, 11) is 1.94. The van der Waals surface area contributed by atoms with Gasteiger partial charge in [0, 0.05) is 38.0 Å². The molecule has 80 valence electrons. The number of anilines is 2. The first-order valence-corrected chi connectivity index (χ1v) is 5.46. The maximum Gasteiger partial charge on any atom is 0.139 e. The maximum atomic E-state index is 5.51. The standard InChI is InChI=1S/C9H13N5S/c1-14-7(3-5-12-14)2-4-11-9-6-8(10)13-15-9/h3,5-6,11H,2,4H2,1H3,(H2,10,13). The summed E-state index contributed by atoms with van der Waals surface area (Å²) in [6.45, 7) is 0.862. The number of nitrogens with zero attached hydrogens (tertiary/aromatic N) is 3. The predicted molar refractivity (Wildman–Crippen MR) is 61.9 cm³/mol. The minimum Gasteiger partial charge on any atom is -0.383 e. The molecule has 0 unspecified atom stereocenters. The first-order valence-electron chi connectivity index (χ1n) is 4.68. The van der Waals surface area contributed by atoms with Gasteiger partial charge in [-0.1, -0.05) is 0 Å². The van der Waals surface area contributed by atoms with Crippen molar-refractivity contribution in [3.05, 3.63) is 24.0 Å². The van der Waals surface area contributed by atoms with Crippen LogP contribution in [0.2, 0.25) is 0 Å². The van der Waals surface area contributed by atoms with Gasteiger partial charge < -0.3 is 11.1 Å². The largest absolute Gasteiger partial charge is 0.383 e. The van der Waals surface area contributed by atoms with Gasteiger partial charge in [-0.05, 0) is 17.6 Å². The molecule has 0 atom stereocenters. The van der Waals surface area contributed by atoms with Gasteiger partial charge in [0.15, 0.2) is 0 Å². The van der Waals surface area contributed by atoms with E-state index in [4.69, 9.17) is 5.73 Å². The molecule has 0 saturated heterocycles. The number of aryl methyl sites for hydroxylation is 1. The second kappa shape index (κ2) is 4.31. The monoisotopic (exact) mass is 223 g/mol. The highest BCUT2D eigenvalue weighted by atomic mass is 32.1. The van der Waals surface area contributed by atoms with E-state index in [1.807, 2.05) is 23.9 Å². The van der Waals surface area contributed by atoms with Crippen LogP contribution in [0.4, 0.5) is 10.8 Å². The quantitative estimate of drug-likeness (QED) is 0.814. The zero-order chi connectivity index (χ0) is 10.7. The van der Waals surface area contributed by atoms with Crippen LogP contribution >= 0.6 is 11.5 Å². The number of rotatable bonds is 4. The Hall–Kier alpha value is -1.56. The van der Waals surface area contributed by atoms with Crippen molar-refractivity contribution in [3.8, 4) is 0 Å². The fourth-order valence-electron chi connectivity index (χ4n) is 1.33. The van der Waals surface area contributed by atoms with E-state index in [9.17, 15) is 0 Å². The van der Waals surface area contributed by atoms with Gasteiger partial charge in [-0.2, -0.15) is 9.47 Å². The fourth-order valence-corrected chi connectivity index (χ4v) is 1.93. The number of hydrogen-bond donors (Lipinski definition) is 2. The molecule has 0 amide bonds. The van der Waals surface area contributed by atoms with E-state index in [2.05, 4.69) is 14.8 Å². The third-order valence-electron chi connectivity index (χ3n) is 2.13. The zero-order valence-corrected chi connectivity index (χ0v) is 9.29. The lowest BCUT2D eigenvalue weighted by Crippen LogP contribution is -2.07. The Labute approximate surface area is 92.1 Å². The smallest absolute Gasteiger partial charge is 0.139 e. The van der Waals surface area contributed by atoms with Gasteiger partial charge in [0.05, 0.1) is 0 Å². The van der Waals surface area contributed by atoms with Crippen molar-refractivity contribution in [2.45, 2.75) is 6.42 Å². The molecule has 0 spiro atoms. The third-order valence-corrected chi connectivity index (χ3v) is 2.89. The Bertz CT molecular complexity index is 433.